The molecule has 1 saturated carbocycles. The molecule has 0 radical (unpaired) electrons. The third-order valence-electron chi connectivity index (χ3n) is 5.57. The highest BCUT2D eigenvalue weighted by molar-refractivity contribution is 5.45. The highest BCUT2D eigenvalue weighted by atomic mass is 14.9. The smallest absolute Gasteiger partial charge is 0.0994 e. The van der Waals surface area contributed by atoms with Crippen molar-refractivity contribution in [3.63, 3.8) is 0 Å². The number of hydrogen-bond donors (Lipinski definition) is 1. The Balaban J connectivity index is 1.54. The van der Waals surface area contributed by atoms with Crippen LogP contribution in [0.15, 0.2) is 42.5 Å². The Morgan fingerprint density at radius 1 is 1.08 bits per heavy atom. The fourth-order valence-electron chi connectivity index (χ4n) is 3.98. The summed E-state index contributed by atoms with van der Waals surface area (Å²) < 4.78 is 0. The van der Waals surface area contributed by atoms with Crippen LogP contribution in [0.2, 0.25) is 0 Å². The average molecular weight is 332 g/mol. The van der Waals surface area contributed by atoms with E-state index >= 15 is 0 Å². The molecule has 0 aromatic heterocycles. The van der Waals surface area contributed by atoms with Crippen molar-refractivity contribution in [2.75, 3.05) is 11.9 Å². The Morgan fingerprint density at radius 3 is 2.56 bits per heavy atom. The van der Waals surface area contributed by atoms with E-state index < -0.39 is 0 Å². The fourth-order valence-corrected chi connectivity index (χ4v) is 3.98. The zero-order valence-corrected chi connectivity index (χ0v) is 15.4. The molecule has 1 aliphatic rings. The average Bonchev–Trinajstić information content (AvgIpc) is 2.66. The maximum Gasteiger partial charge on any atom is 0.0994 e. The molecule has 2 nitrogen and oxygen atoms in total. The summed E-state index contributed by atoms with van der Waals surface area (Å²) in [6, 6.07) is 17.5. The van der Waals surface area contributed by atoms with E-state index in [1.807, 2.05) is 0 Å². The van der Waals surface area contributed by atoms with Gasteiger partial charge in [0, 0.05) is 12.2 Å². The Kier molecular flexibility index (Phi) is 5.76. The van der Waals surface area contributed by atoms with Crippen LogP contribution in [0.5, 0.6) is 0 Å². The van der Waals surface area contributed by atoms with Gasteiger partial charge < -0.3 is 5.32 Å². The number of nitrogens with one attached hydrogen (secondary N) is 1. The van der Waals surface area contributed by atoms with E-state index in [-0.39, 0.29) is 0 Å². The minimum atomic E-state index is 0.619. The second-order valence-corrected chi connectivity index (χ2v) is 7.35. The number of hydrogen-bond acceptors (Lipinski definition) is 2. The van der Waals surface area contributed by atoms with E-state index in [9.17, 15) is 5.26 Å². The van der Waals surface area contributed by atoms with Crippen molar-refractivity contribution in [2.24, 2.45) is 5.92 Å². The summed E-state index contributed by atoms with van der Waals surface area (Å²) >= 11 is 0. The van der Waals surface area contributed by atoms with E-state index in [1.54, 1.807) is 0 Å². The monoisotopic (exact) mass is 332 g/mol. The molecule has 0 heterocycles. The van der Waals surface area contributed by atoms with E-state index in [0.29, 0.717) is 5.92 Å². The number of aryl methyl sites for hydroxylation is 2. The summed E-state index contributed by atoms with van der Waals surface area (Å²) in [6.07, 6.45) is 5.93. The van der Waals surface area contributed by atoms with Crippen molar-refractivity contribution in [3.05, 3.63) is 64.7 Å². The van der Waals surface area contributed by atoms with Crippen molar-refractivity contribution in [1.82, 2.24) is 0 Å². The molecular weight excluding hydrogens is 304 g/mol. The summed E-state index contributed by atoms with van der Waals surface area (Å²) in [5.74, 6) is 1.37. The number of nitriles is 1. The van der Waals surface area contributed by atoms with Gasteiger partial charge in [-0.05, 0) is 85.8 Å². The standard InChI is InChI=1S/C23H28N2/c1-3-19-11-12-21(14-22(19)15-24)20-9-7-18(8-10-20)16-25-23-6-4-5-17(2)13-23/h4-6,11-14,18,20,25H,3,7-10,16H2,1-2H3. The minimum Gasteiger partial charge on any atom is -0.385 e. The Labute approximate surface area is 151 Å². The summed E-state index contributed by atoms with van der Waals surface area (Å²) in [5.41, 5.74) is 5.93. The molecule has 0 amide bonds. The molecule has 1 N–H and O–H groups in total. The minimum absolute atomic E-state index is 0.619. The van der Waals surface area contributed by atoms with Gasteiger partial charge in [-0.15, -0.1) is 0 Å². The fraction of sp³-hybridized carbons (Fsp3) is 0.435. The highest BCUT2D eigenvalue weighted by Gasteiger charge is 2.22. The molecule has 1 aliphatic carbocycles. The first-order valence-corrected chi connectivity index (χ1v) is 9.53. The Bertz CT molecular complexity index is 749. The molecule has 130 valence electrons. The molecule has 2 aromatic carbocycles. The van der Waals surface area contributed by atoms with E-state index in [0.717, 1.165) is 24.4 Å². The topological polar surface area (TPSA) is 35.8 Å². The quantitative estimate of drug-likeness (QED) is 0.749. The first kappa shape index (κ1) is 17.5. The molecule has 0 atom stereocenters. The van der Waals surface area contributed by atoms with Crippen molar-refractivity contribution >= 4 is 5.69 Å². The molecule has 0 unspecified atom stereocenters. The number of rotatable bonds is 5. The van der Waals surface area contributed by atoms with Gasteiger partial charge in [0.15, 0.2) is 0 Å². The van der Waals surface area contributed by atoms with Crippen LogP contribution in [0.25, 0.3) is 0 Å². The predicted molar refractivity (Wildman–Crippen MR) is 105 cm³/mol. The van der Waals surface area contributed by atoms with Crippen LogP contribution in [0, 0.1) is 24.2 Å². The summed E-state index contributed by atoms with van der Waals surface area (Å²) in [7, 11) is 0. The Hall–Kier alpha value is -2.27. The first-order valence-electron chi connectivity index (χ1n) is 9.53. The lowest BCUT2D eigenvalue weighted by atomic mass is 9.78. The Morgan fingerprint density at radius 2 is 1.88 bits per heavy atom. The summed E-state index contributed by atoms with van der Waals surface area (Å²) in [4.78, 5) is 0. The second-order valence-electron chi connectivity index (χ2n) is 7.35. The van der Waals surface area contributed by atoms with Crippen LogP contribution in [-0.2, 0) is 6.42 Å². The molecule has 0 aliphatic heterocycles. The molecule has 1 fully saturated rings. The lowest BCUT2D eigenvalue weighted by Crippen LogP contribution is -2.20. The van der Waals surface area contributed by atoms with Gasteiger partial charge in [0.05, 0.1) is 11.6 Å². The lowest BCUT2D eigenvalue weighted by molar-refractivity contribution is 0.338. The molecular formula is C23H28N2. The van der Waals surface area contributed by atoms with Crippen LogP contribution in [0.4, 0.5) is 5.69 Å². The van der Waals surface area contributed by atoms with Crippen molar-refractivity contribution in [3.8, 4) is 6.07 Å². The van der Waals surface area contributed by atoms with E-state index in [1.165, 1.54) is 48.1 Å². The van der Waals surface area contributed by atoms with Crippen LogP contribution in [0.1, 0.15) is 60.8 Å². The molecule has 0 bridgehead atoms. The van der Waals surface area contributed by atoms with Gasteiger partial charge in [0.2, 0.25) is 0 Å². The normalized spacial score (nSPS) is 20.0. The van der Waals surface area contributed by atoms with Crippen LogP contribution in [0.3, 0.4) is 0 Å². The van der Waals surface area contributed by atoms with Crippen LogP contribution in [-0.4, -0.2) is 6.54 Å². The van der Waals surface area contributed by atoms with Gasteiger partial charge in [0.1, 0.15) is 0 Å². The van der Waals surface area contributed by atoms with Gasteiger partial charge in [-0.1, -0.05) is 31.2 Å². The first-order chi connectivity index (χ1) is 12.2. The second kappa shape index (κ2) is 8.21. The molecule has 2 aromatic rings. The summed E-state index contributed by atoms with van der Waals surface area (Å²) in [6.45, 7) is 5.31. The highest BCUT2D eigenvalue weighted by Crippen LogP contribution is 2.36. The van der Waals surface area contributed by atoms with E-state index in [2.05, 4.69) is 67.7 Å². The molecule has 0 saturated heterocycles. The van der Waals surface area contributed by atoms with Gasteiger partial charge in [0.25, 0.3) is 0 Å². The third kappa shape index (κ3) is 4.42. The van der Waals surface area contributed by atoms with Gasteiger partial charge in [-0.3, -0.25) is 0 Å². The molecule has 0 spiro atoms. The summed E-state index contributed by atoms with van der Waals surface area (Å²) in [5, 5.41) is 13.0. The van der Waals surface area contributed by atoms with Crippen molar-refractivity contribution in [2.45, 2.75) is 51.9 Å². The maximum atomic E-state index is 9.35. The predicted octanol–water partition coefficient (Wildman–Crippen LogP) is 5.82. The zero-order chi connectivity index (χ0) is 17.6. The molecule has 25 heavy (non-hydrogen) atoms. The van der Waals surface area contributed by atoms with E-state index in [4.69, 9.17) is 0 Å². The maximum absolute atomic E-state index is 9.35. The van der Waals surface area contributed by atoms with Crippen molar-refractivity contribution < 1.29 is 0 Å². The largest absolute Gasteiger partial charge is 0.385 e. The number of anilines is 1. The zero-order valence-electron chi connectivity index (χ0n) is 15.4. The van der Waals surface area contributed by atoms with Gasteiger partial charge in [-0.2, -0.15) is 5.26 Å². The van der Waals surface area contributed by atoms with Crippen molar-refractivity contribution in [1.29, 1.82) is 5.26 Å². The third-order valence-corrected chi connectivity index (χ3v) is 5.57. The van der Waals surface area contributed by atoms with Crippen LogP contribution < -0.4 is 5.32 Å². The molecule has 2 heteroatoms. The SMILES string of the molecule is CCc1ccc(C2CCC(CNc3cccc(C)c3)CC2)cc1C#N. The number of benzene rings is 2. The van der Waals surface area contributed by atoms with Gasteiger partial charge >= 0.3 is 0 Å². The molecule has 3 rings (SSSR count). The number of nitrogens with zero attached hydrogens (tertiary/aromatic N) is 1. The lowest BCUT2D eigenvalue weighted by Gasteiger charge is -2.29. The van der Waals surface area contributed by atoms with Gasteiger partial charge in [-0.25, -0.2) is 0 Å². The van der Waals surface area contributed by atoms with Crippen LogP contribution >= 0.6 is 0 Å².